The number of halogens is 3. The van der Waals surface area contributed by atoms with E-state index in [1.165, 1.54) is 0 Å². The number of benzene rings is 2. The summed E-state index contributed by atoms with van der Waals surface area (Å²) < 4.78 is 52.7. The summed E-state index contributed by atoms with van der Waals surface area (Å²) in [6.45, 7) is 7.23. The number of hydrogen-bond acceptors (Lipinski definition) is 3. The summed E-state index contributed by atoms with van der Waals surface area (Å²) in [7, 11) is -3.44. The van der Waals surface area contributed by atoms with Crippen LogP contribution in [0.5, 0.6) is 0 Å². The van der Waals surface area contributed by atoms with Crippen LogP contribution in [0.1, 0.15) is 34.1 Å². The van der Waals surface area contributed by atoms with Gasteiger partial charge in [0.05, 0.1) is 13.0 Å². The second kappa shape index (κ2) is 9.13. The maximum Gasteiger partial charge on any atom is 0.413 e. The molecule has 0 spiro atoms. The molecule has 0 saturated heterocycles. The van der Waals surface area contributed by atoms with E-state index in [9.17, 15) is 18.0 Å². The van der Waals surface area contributed by atoms with Crippen molar-refractivity contribution in [2.75, 3.05) is 6.61 Å². The first-order valence-electron chi connectivity index (χ1n) is 9.53. The summed E-state index contributed by atoms with van der Waals surface area (Å²) in [6, 6.07) is 18.0. The van der Waals surface area contributed by atoms with Gasteiger partial charge in [-0.1, -0.05) is 81.4 Å². The Hall–Kier alpha value is -2.12. The average molecular weight is 425 g/mol. The summed E-state index contributed by atoms with van der Waals surface area (Å²) in [5.74, 6) is -0.923. The average Bonchev–Trinajstić information content (AvgIpc) is 2.65. The molecule has 0 N–H and O–H groups in total. The van der Waals surface area contributed by atoms with Gasteiger partial charge in [-0.05, 0) is 22.3 Å². The topological polar surface area (TPSA) is 35.5 Å². The van der Waals surface area contributed by atoms with E-state index in [2.05, 4.69) is 0 Å². The smallest absolute Gasteiger partial charge is 0.413 e. The van der Waals surface area contributed by atoms with Gasteiger partial charge in [0.2, 0.25) is 0 Å². The van der Waals surface area contributed by atoms with Gasteiger partial charge in [-0.2, -0.15) is 13.2 Å². The van der Waals surface area contributed by atoms with Crippen molar-refractivity contribution < 1.29 is 27.1 Å². The number of rotatable bonds is 7. The maximum absolute atomic E-state index is 14.0. The van der Waals surface area contributed by atoms with E-state index in [-0.39, 0.29) is 6.61 Å². The van der Waals surface area contributed by atoms with Crippen LogP contribution in [0, 0.1) is 0 Å². The van der Waals surface area contributed by atoms with Crippen molar-refractivity contribution in [3.05, 3.63) is 60.7 Å². The maximum atomic E-state index is 14.0. The van der Waals surface area contributed by atoms with Crippen molar-refractivity contribution in [1.29, 1.82) is 0 Å². The van der Waals surface area contributed by atoms with E-state index in [4.69, 9.17) is 9.16 Å². The molecular weight excluding hydrogens is 397 g/mol. The molecule has 0 heterocycles. The predicted molar refractivity (Wildman–Crippen MR) is 110 cm³/mol. The molecule has 0 aromatic heterocycles. The third-order valence-corrected chi connectivity index (χ3v) is 9.80. The molecule has 29 heavy (non-hydrogen) atoms. The summed E-state index contributed by atoms with van der Waals surface area (Å²) in [4.78, 5) is 11.9. The van der Waals surface area contributed by atoms with Crippen LogP contribution in [0.25, 0.3) is 0 Å². The minimum atomic E-state index is -4.71. The summed E-state index contributed by atoms with van der Waals surface area (Å²) >= 11 is 0. The normalized spacial score (nSPS) is 13.8. The van der Waals surface area contributed by atoms with Gasteiger partial charge < -0.3 is 9.16 Å². The lowest BCUT2D eigenvalue weighted by Gasteiger charge is -2.45. The molecule has 0 unspecified atom stereocenters. The second-order valence-electron chi connectivity index (χ2n) is 7.82. The van der Waals surface area contributed by atoms with Gasteiger partial charge in [0, 0.05) is 0 Å². The Bertz CT molecular complexity index is 747. The number of alkyl halides is 3. The minimum Gasteiger partial charge on any atom is -0.466 e. The Morgan fingerprint density at radius 3 is 1.72 bits per heavy atom. The third-order valence-electron chi connectivity index (χ3n) is 4.76. The third kappa shape index (κ3) is 5.28. The molecule has 2 aromatic rings. The molecule has 3 nitrogen and oxygen atoms in total. The molecule has 0 amide bonds. The van der Waals surface area contributed by atoms with E-state index in [1.807, 2.05) is 57.2 Å². The fourth-order valence-electron chi connectivity index (χ4n) is 3.50. The van der Waals surface area contributed by atoms with Crippen molar-refractivity contribution in [2.24, 2.45) is 0 Å². The lowest BCUT2D eigenvalue weighted by Crippen LogP contribution is -2.68. The number of carbonyl (C=O) groups excluding carboxylic acids is 1. The predicted octanol–water partition coefficient (Wildman–Crippen LogP) is 4.45. The highest BCUT2D eigenvalue weighted by molar-refractivity contribution is 6.99. The first-order valence-corrected chi connectivity index (χ1v) is 11.4. The van der Waals surface area contributed by atoms with Crippen LogP contribution in [-0.2, 0) is 14.0 Å². The Morgan fingerprint density at radius 1 is 0.931 bits per heavy atom. The van der Waals surface area contributed by atoms with E-state index in [0.717, 1.165) is 10.4 Å². The highest BCUT2D eigenvalue weighted by Crippen LogP contribution is 2.40. The zero-order chi connectivity index (χ0) is 21.7. The number of carbonyl (C=O) groups is 1. The molecule has 0 radical (unpaired) electrons. The van der Waals surface area contributed by atoms with Crippen molar-refractivity contribution in [2.45, 2.75) is 51.4 Å². The fraction of sp³-hybridized carbons (Fsp3) is 0.409. The van der Waals surface area contributed by atoms with Crippen LogP contribution in [0.4, 0.5) is 13.2 Å². The Morgan fingerprint density at radius 2 is 1.38 bits per heavy atom. The van der Waals surface area contributed by atoms with Crippen molar-refractivity contribution in [1.82, 2.24) is 0 Å². The van der Waals surface area contributed by atoms with Crippen LogP contribution < -0.4 is 10.4 Å². The number of ether oxygens (including phenoxy) is 1. The van der Waals surface area contributed by atoms with Crippen molar-refractivity contribution >= 4 is 24.7 Å². The van der Waals surface area contributed by atoms with Crippen LogP contribution in [0.3, 0.4) is 0 Å². The summed E-state index contributed by atoms with van der Waals surface area (Å²) in [5.41, 5.74) is 0. The van der Waals surface area contributed by atoms with Gasteiger partial charge >= 0.3 is 12.1 Å². The molecular formula is C22H27F3O3Si. The molecule has 2 aromatic carbocycles. The number of hydrogen-bond donors (Lipinski definition) is 0. The molecule has 2 rings (SSSR count). The first-order chi connectivity index (χ1) is 13.5. The highest BCUT2D eigenvalue weighted by atomic mass is 28.4. The largest absolute Gasteiger partial charge is 0.466 e. The first kappa shape index (κ1) is 23.2. The standard InChI is InChI=1S/C22H27F3O3Si/c1-5-27-20(26)16-19(22(23,24)25)28-29(21(2,3)4,17-12-8-6-9-13-17)18-14-10-7-11-15-18/h6-15,19H,5,16H2,1-4H3/t19-/m1/s1. The van der Waals surface area contributed by atoms with Gasteiger partial charge in [-0.3, -0.25) is 4.79 Å². The van der Waals surface area contributed by atoms with E-state index in [1.54, 1.807) is 31.2 Å². The van der Waals surface area contributed by atoms with Crippen LogP contribution in [0.15, 0.2) is 60.7 Å². The highest BCUT2D eigenvalue weighted by Gasteiger charge is 2.55. The molecule has 0 saturated carbocycles. The Kier molecular flexibility index (Phi) is 7.29. The van der Waals surface area contributed by atoms with E-state index in [0.29, 0.717) is 0 Å². The Balaban J connectivity index is 2.67. The van der Waals surface area contributed by atoms with Gasteiger partial charge in [-0.25, -0.2) is 0 Å². The van der Waals surface area contributed by atoms with Gasteiger partial charge in [0.25, 0.3) is 8.32 Å². The molecule has 7 heteroatoms. The van der Waals surface area contributed by atoms with Crippen molar-refractivity contribution in [3.63, 3.8) is 0 Å². The monoisotopic (exact) mass is 424 g/mol. The van der Waals surface area contributed by atoms with Crippen LogP contribution >= 0.6 is 0 Å². The second-order valence-corrected chi connectivity index (χ2v) is 12.1. The van der Waals surface area contributed by atoms with E-state index >= 15 is 0 Å². The molecule has 0 fully saturated rings. The Labute approximate surface area is 171 Å². The number of esters is 1. The SMILES string of the molecule is CCOC(=O)C[C@@H](O[Si](c1ccccc1)(c1ccccc1)C(C)(C)C)C(F)(F)F. The van der Waals surface area contributed by atoms with Crippen LogP contribution in [-0.4, -0.2) is 33.2 Å². The van der Waals surface area contributed by atoms with Gasteiger partial charge in [0.15, 0.2) is 6.10 Å². The summed E-state index contributed by atoms with van der Waals surface area (Å²) in [6.07, 6.45) is -7.84. The van der Waals surface area contributed by atoms with Crippen LogP contribution in [0.2, 0.25) is 5.04 Å². The molecule has 0 aliphatic carbocycles. The summed E-state index contributed by atoms with van der Waals surface area (Å²) in [5, 5.41) is 0.807. The van der Waals surface area contributed by atoms with E-state index < -0.39 is 38.0 Å². The fourth-order valence-corrected chi connectivity index (χ4v) is 8.16. The zero-order valence-electron chi connectivity index (χ0n) is 17.1. The molecule has 0 aliphatic heterocycles. The molecule has 0 aliphatic rings. The quantitative estimate of drug-likeness (QED) is 0.487. The molecule has 1 atom stereocenters. The van der Waals surface area contributed by atoms with Gasteiger partial charge in [-0.15, -0.1) is 0 Å². The lowest BCUT2D eigenvalue weighted by molar-refractivity contribution is -0.204. The van der Waals surface area contributed by atoms with Gasteiger partial charge in [0.1, 0.15) is 0 Å². The molecule has 0 bridgehead atoms. The molecule has 158 valence electrons. The minimum absolute atomic E-state index is 0.0165. The lowest BCUT2D eigenvalue weighted by atomic mass is 10.2. The zero-order valence-corrected chi connectivity index (χ0v) is 18.1. The van der Waals surface area contributed by atoms with Crippen molar-refractivity contribution in [3.8, 4) is 0 Å².